The van der Waals surface area contributed by atoms with Gasteiger partial charge in [-0.05, 0) is 42.3 Å². The maximum atomic E-state index is 13.1. The number of nitrogens with zero attached hydrogens (tertiary/aromatic N) is 1. The van der Waals surface area contributed by atoms with E-state index in [4.69, 9.17) is 9.57 Å². The maximum absolute atomic E-state index is 13.1. The number of aliphatic carboxylic acids is 1. The Labute approximate surface area is 158 Å². The van der Waals surface area contributed by atoms with Gasteiger partial charge in [0.15, 0.2) is 0 Å². The van der Waals surface area contributed by atoms with Crippen LogP contribution in [0.3, 0.4) is 0 Å². The summed E-state index contributed by atoms with van der Waals surface area (Å²) in [5.74, 6) is -1.49. The molecule has 0 radical (unpaired) electrons. The number of hydrogen-bond acceptors (Lipinski definition) is 4. The summed E-state index contributed by atoms with van der Waals surface area (Å²) in [5, 5.41) is 13.7. The smallest absolute Gasteiger partial charge is 0.354 e. The van der Waals surface area contributed by atoms with Gasteiger partial charge in [0.05, 0.1) is 12.3 Å². The highest BCUT2D eigenvalue weighted by atomic mass is 79.9. The number of carboxylic acids is 1. The number of carboxylic acid groups (broad SMARTS) is 1. The summed E-state index contributed by atoms with van der Waals surface area (Å²) in [6.45, 7) is 1.82. The first-order chi connectivity index (χ1) is 12.4. The molecule has 0 bridgehead atoms. The van der Waals surface area contributed by atoms with Crippen molar-refractivity contribution in [3.63, 3.8) is 0 Å². The van der Waals surface area contributed by atoms with Gasteiger partial charge in [0.25, 0.3) is 5.60 Å². The fourth-order valence-electron chi connectivity index (χ4n) is 2.87. The Bertz CT molecular complexity index is 822. The minimum Gasteiger partial charge on any atom is -0.478 e. The Balaban J connectivity index is 1.92. The Morgan fingerprint density at radius 2 is 1.96 bits per heavy atom. The highest BCUT2D eigenvalue weighted by molar-refractivity contribution is 9.10. The summed E-state index contributed by atoms with van der Waals surface area (Å²) in [6, 6.07) is 13.0. The molecule has 1 heterocycles. The molecule has 2 aromatic rings. The lowest BCUT2D eigenvalue weighted by Crippen LogP contribution is -2.45. The Kier molecular flexibility index (Phi) is 5.38. The number of oxime groups is 1. The molecule has 2 unspecified atom stereocenters. The summed E-state index contributed by atoms with van der Waals surface area (Å²) in [7, 11) is 0. The van der Waals surface area contributed by atoms with Crippen LogP contribution in [0, 0.1) is 5.82 Å². The molecule has 136 valence electrons. The molecule has 0 amide bonds. The molecule has 0 saturated heterocycles. The van der Waals surface area contributed by atoms with Crippen molar-refractivity contribution in [2.24, 2.45) is 5.16 Å². The van der Waals surface area contributed by atoms with E-state index < -0.39 is 17.7 Å². The van der Waals surface area contributed by atoms with Crippen LogP contribution >= 0.6 is 15.9 Å². The zero-order valence-corrected chi connectivity index (χ0v) is 15.6. The SMILES string of the molecule is CC1=NOC(C(=O)O)(C(OCc2ccc(F)cc2)c2ccc(Br)cc2)C1. The first-order valence-electron chi connectivity index (χ1n) is 7.97. The molecule has 0 aromatic heterocycles. The predicted octanol–water partition coefficient (Wildman–Crippen LogP) is 4.47. The van der Waals surface area contributed by atoms with Crippen molar-refractivity contribution in [3.05, 3.63) is 69.9 Å². The van der Waals surface area contributed by atoms with Crippen molar-refractivity contribution in [2.75, 3.05) is 0 Å². The van der Waals surface area contributed by atoms with E-state index in [2.05, 4.69) is 21.1 Å². The zero-order chi connectivity index (χ0) is 18.7. The molecule has 5 nitrogen and oxygen atoms in total. The largest absolute Gasteiger partial charge is 0.478 e. The van der Waals surface area contributed by atoms with Gasteiger partial charge in [-0.3, -0.25) is 0 Å². The van der Waals surface area contributed by atoms with Crippen LogP contribution < -0.4 is 0 Å². The molecule has 1 aliphatic rings. The standard InChI is InChI=1S/C19H17BrFNO4/c1-12-10-19(18(23)24,26-22-12)17(14-4-6-15(20)7-5-14)25-11-13-2-8-16(21)9-3-13/h2-9,17H,10-11H2,1H3,(H,23,24). The van der Waals surface area contributed by atoms with Crippen molar-refractivity contribution in [1.82, 2.24) is 0 Å². The molecular formula is C19H17BrFNO4. The van der Waals surface area contributed by atoms with Crippen LogP contribution in [0.25, 0.3) is 0 Å². The topological polar surface area (TPSA) is 68.1 Å². The first kappa shape index (κ1) is 18.5. The molecule has 7 heteroatoms. The summed E-state index contributed by atoms with van der Waals surface area (Å²) in [5.41, 5.74) is 0.324. The van der Waals surface area contributed by atoms with Crippen molar-refractivity contribution in [3.8, 4) is 0 Å². The summed E-state index contributed by atoms with van der Waals surface area (Å²) in [4.78, 5) is 17.4. The van der Waals surface area contributed by atoms with Crippen LogP contribution in [0.5, 0.6) is 0 Å². The van der Waals surface area contributed by atoms with Gasteiger partial charge < -0.3 is 14.7 Å². The minimum absolute atomic E-state index is 0.110. The van der Waals surface area contributed by atoms with Gasteiger partial charge in [0, 0.05) is 10.9 Å². The van der Waals surface area contributed by atoms with Gasteiger partial charge in [-0.15, -0.1) is 0 Å². The maximum Gasteiger partial charge on any atom is 0.354 e. The number of ether oxygens (including phenoxy) is 1. The fraction of sp³-hybridized carbons (Fsp3) is 0.263. The van der Waals surface area contributed by atoms with E-state index in [1.807, 2.05) is 12.1 Å². The third kappa shape index (κ3) is 3.78. The van der Waals surface area contributed by atoms with Crippen molar-refractivity contribution >= 4 is 27.6 Å². The van der Waals surface area contributed by atoms with Crippen LogP contribution in [0.15, 0.2) is 58.2 Å². The van der Waals surface area contributed by atoms with E-state index in [0.29, 0.717) is 11.3 Å². The monoisotopic (exact) mass is 421 g/mol. The number of halogens is 2. The van der Waals surface area contributed by atoms with Gasteiger partial charge in [-0.2, -0.15) is 0 Å². The zero-order valence-electron chi connectivity index (χ0n) is 14.0. The fourth-order valence-corrected chi connectivity index (χ4v) is 3.13. The molecule has 1 aliphatic heterocycles. The normalized spacial score (nSPS) is 20.3. The van der Waals surface area contributed by atoms with Crippen molar-refractivity contribution < 1.29 is 23.9 Å². The first-order valence-corrected chi connectivity index (χ1v) is 8.76. The summed E-state index contributed by atoms with van der Waals surface area (Å²) >= 11 is 3.37. The van der Waals surface area contributed by atoms with Gasteiger partial charge in [-0.1, -0.05) is 45.4 Å². The molecule has 26 heavy (non-hydrogen) atoms. The summed E-state index contributed by atoms with van der Waals surface area (Å²) < 4.78 is 19.9. The molecule has 3 rings (SSSR count). The van der Waals surface area contributed by atoms with E-state index in [1.165, 1.54) is 12.1 Å². The highest BCUT2D eigenvalue weighted by Crippen LogP contribution is 2.40. The van der Waals surface area contributed by atoms with Crippen molar-refractivity contribution in [2.45, 2.75) is 31.7 Å². The third-order valence-electron chi connectivity index (χ3n) is 4.17. The third-order valence-corrected chi connectivity index (χ3v) is 4.70. The van der Waals surface area contributed by atoms with Gasteiger partial charge in [0.1, 0.15) is 11.9 Å². The lowest BCUT2D eigenvalue weighted by molar-refractivity contribution is -0.187. The quantitative estimate of drug-likeness (QED) is 0.746. The number of hydrogen-bond donors (Lipinski definition) is 1. The highest BCUT2D eigenvalue weighted by Gasteiger charge is 2.54. The molecule has 0 aliphatic carbocycles. The van der Waals surface area contributed by atoms with Crippen LogP contribution in [-0.2, 0) is 21.0 Å². The summed E-state index contributed by atoms with van der Waals surface area (Å²) in [6.07, 6.45) is -0.772. The van der Waals surface area contributed by atoms with Crippen molar-refractivity contribution in [1.29, 1.82) is 0 Å². The average Bonchev–Trinajstić information content (AvgIpc) is 3.01. The van der Waals surface area contributed by atoms with Gasteiger partial charge >= 0.3 is 5.97 Å². The second-order valence-corrected chi connectivity index (χ2v) is 7.07. The lowest BCUT2D eigenvalue weighted by atomic mass is 9.86. The van der Waals surface area contributed by atoms with Crippen LogP contribution in [0.4, 0.5) is 4.39 Å². The molecule has 1 N–H and O–H groups in total. The lowest BCUT2D eigenvalue weighted by Gasteiger charge is -2.31. The van der Waals surface area contributed by atoms with Crippen LogP contribution in [-0.4, -0.2) is 22.4 Å². The van der Waals surface area contributed by atoms with Crippen LogP contribution in [0.1, 0.15) is 30.6 Å². The van der Waals surface area contributed by atoms with E-state index in [9.17, 15) is 14.3 Å². The van der Waals surface area contributed by atoms with E-state index in [1.54, 1.807) is 31.2 Å². The van der Waals surface area contributed by atoms with Crippen LogP contribution in [0.2, 0.25) is 0 Å². The predicted molar refractivity (Wildman–Crippen MR) is 97.2 cm³/mol. The second-order valence-electron chi connectivity index (χ2n) is 6.16. The molecule has 0 spiro atoms. The van der Waals surface area contributed by atoms with Gasteiger partial charge in [-0.25, -0.2) is 9.18 Å². The van der Waals surface area contributed by atoms with Gasteiger partial charge in [0.2, 0.25) is 0 Å². The number of carbonyl (C=O) groups is 1. The molecular weight excluding hydrogens is 405 g/mol. The minimum atomic E-state index is -1.64. The van der Waals surface area contributed by atoms with E-state index in [-0.39, 0.29) is 18.8 Å². The molecule has 0 fully saturated rings. The Morgan fingerprint density at radius 3 is 2.50 bits per heavy atom. The second kappa shape index (κ2) is 7.55. The molecule has 2 atom stereocenters. The number of benzene rings is 2. The Hall–Kier alpha value is -2.25. The van der Waals surface area contributed by atoms with E-state index in [0.717, 1.165) is 10.0 Å². The average molecular weight is 422 g/mol. The molecule has 2 aromatic carbocycles. The Morgan fingerprint density at radius 1 is 1.31 bits per heavy atom. The molecule has 0 saturated carbocycles. The number of rotatable bonds is 6. The van der Waals surface area contributed by atoms with E-state index >= 15 is 0 Å².